The Kier molecular flexibility index (Phi) is 4.11. The fourth-order valence-electron chi connectivity index (χ4n) is 2.45. The van der Waals surface area contributed by atoms with Gasteiger partial charge in [0.15, 0.2) is 0 Å². The monoisotopic (exact) mass is 326 g/mol. The maximum atomic E-state index is 11.7. The van der Waals surface area contributed by atoms with Crippen LogP contribution in [0.25, 0.3) is 10.9 Å². The van der Waals surface area contributed by atoms with Crippen molar-refractivity contribution in [1.29, 1.82) is 0 Å². The summed E-state index contributed by atoms with van der Waals surface area (Å²) in [6.07, 6.45) is 1.83. The number of hydrogen-bond donors (Lipinski definition) is 3. The van der Waals surface area contributed by atoms with Crippen LogP contribution in [0.1, 0.15) is 5.56 Å². The third-order valence-electron chi connectivity index (χ3n) is 3.59. The van der Waals surface area contributed by atoms with Gasteiger partial charge in [-0.25, -0.2) is 4.98 Å². The highest BCUT2D eigenvalue weighted by Crippen LogP contribution is 2.27. The van der Waals surface area contributed by atoms with Crippen molar-refractivity contribution in [3.05, 3.63) is 68.8 Å². The van der Waals surface area contributed by atoms with Crippen LogP contribution in [0, 0.1) is 10.1 Å². The summed E-state index contributed by atoms with van der Waals surface area (Å²) < 4.78 is 0. The third-order valence-corrected chi connectivity index (χ3v) is 3.59. The van der Waals surface area contributed by atoms with E-state index in [1.807, 2.05) is 6.07 Å². The van der Waals surface area contributed by atoms with E-state index >= 15 is 0 Å². The summed E-state index contributed by atoms with van der Waals surface area (Å²) in [5.41, 5.74) is 0.974. The Morgan fingerprint density at radius 3 is 2.88 bits per heavy atom. The highest BCUT2D eigenvalue weighted by Gasteiger charge is 2.16. The minimum atomic E-state index is -0.539. The smallest absolute Gasteiger partial charge is 0.293 e. The number of nitrogens with zero attached hydrogens (tertiary/aromatic N) is 2. The van der Waals surface area contributed by atoms with Crippen molar-refractivity contribution < 1.29 is 10.0 Å². The van der Waals surface area contributed by atoms with Crippen LogP contribution in [0.2, 0.25) is 0 Å². The molecule has 0 saturated heterocycles. The molecular weight excluding hydrogens is 312 g/mol. The van der Waals surface area contributed by atoms with Crippen molar-refractivity contribution in [2.24, 2.45) is 0 Å². The van der Waals surface area contributed by atoms with Gasteiger partial charge in [0.05, 0.1) is 22.2 Å². The Morgan fingerprint density at radius 2 is 2.12 bits per heavy atom. The molecule has 122 valence electrons. The number of H-pyrrole nitrogens is 1. The van der Waals surface area contributed by atoms with Crippen LogP contribution in [-0.2, 0) is 6.42 Å². The van der Waals surface area contributed by atoms with Crippen molar-refractivity contribution in [3.63, 3.8) is 0 Å². The van der Waals surface area contributed by atoms with Crippen molar-refractivity contribution >= 4 is 22.3 Å². The first-order chi connectivity index (χ1) is 11.5. The summed E-state index contributed by atoms with van der Waals surface area (Å²) in [6.45, 7) is 0.430. The summed E-state index contributed by atoms with van der Waals surface area (Å²) in [6, 6.07) is 9.52. The zero-order chi connectivity index (χ0) is 17.1. The lowest BCUT2D eigenvalue weighted by Gasteiger charge is -2.08. The first kappa shape index (κ1) is 15.5. The molecule has 0 radical (unpaired) electrons. The molecule has 0 spiro atoms. The number of phenolic OH excluding ortho intramolecular Hbond substituents is 1. The molecule has 0 amide bonds. The van der Waals surface area contributed by atoms with Gasteiger partial charge in [-0.2, -0.15) is 0 Å². The Morgan fingerprint density at radius 1 is 1.29 bits per heavy atom. The van der Waals surface area contributed by atoms with Gasteiger partial charge >= 0.3 is 0 Å². The largest absolute Gasteiger partial charge is 0.508 e. The Labute approximate surface area is 135 Å². The molecule has 8 nitrogen and oxygen atoms in total. The minimum absolute atomic E-state index is 0.169. The van der Waals surface area contributed by atoms with E-state index in [1.54, 1.807) is 18.2 Å². The number of aromatic nitrogens is 2. The molecular formula is C16H14N4O4. The number of nitro groups is 1. The maximum Gasteiger partial charge on any atom is 0.293 e. The molecule has 0 bridgehead atoms. The minimum Gasteiger partial charge on any atom is -0.508 e. The van der Waals surface area contributed by atoms with E-state index in [1.165, 1.54) is 18.5 Å². The number of rotatable bonds is 5. The number of phenols is 1. The van der Waals surface area contributed by atoms with Gasteiger partial charge in [0.2, 0.25) is 0 Å². The van der Waals surface area contributed by atoms with E-state index in [9.17, 15) is 20.0 Å². The quantitative estimate of drug-likeness (QED) is 0.488. The SMILES string of the molecule is O=c1[nH]cnc2cc(NCCc3cccc(O)c3)c([N+](=O)[O-])cc12. The topological polar surface area (TPSA) is 121 Å². The van der Waals surface area contributed by atoms with Gasteiger partial charge in [0.1, 0.15) is 11.4 Å². The molecule has 0 aliphatic heterocycles. The number of hydrogen-bond acceptors (Lipinski definition) is 6. The van der Waals surface area contributed by atoms with E-state index in [0.29, 0.717) is 24.2 Å². The predicted octanol–water partition coefficient (Wildman–Crippen LogP) is 2.19. The van der Waals surface area contributed by atoms with Crippen molar-refractivity contribution in [3.8, 4) is 5.75 Å². The van der Waals surface area contributed by atoms with Crippen LogP contribution in [0.5, 0.6) is 5.75 Å². The van der Waals surface area contributed by atoms with E-state index < -0.39 is 10.5 Å². The van der Waals surface area contributed by atoms with Crippen molar-refractivity contribution in [1.82, 2.24) is 9.97 Å². The lowest BCUT2D eigenvalue weighted by atomic mass is 10.1. The van der Waals surface area contributed by atoms with E-state index in [-0.39, 0.29) is 16.8 Å². The standard InChI is InChI=1S/C16H14N4O4/c21-11-3-1-2-10(6-11)4-5-17-14-8-13-12(7-15(14)20(23)24)16(22)19-9-18-13/h1-3,6-9,17,21H,4-5H2,(H,18,19,22). The van der Waals surface area contributed by atoms with Gasteiger partial charge in [-0.3, -0.25) is 14.9 Å². The Balaban J connectivity index is 1.86. The first-order valence-electron chi connectivity index (χ1n) is 7.22. The van der Waals surface area contributed by atoms with Crippen molar-refractivity contribution in [2.45, 2.75) is 6.42 Å². The number of fused-ring (bicyclic) bond motifs is 1. The number of aromatic hydroxyl groups is 1. The van der Waals surface area contributed by atoms with Crippen LogP contribution >= 0.6 is 0 Å². The first-order valence-corrected chi connectivity index (χ1v) is 7.22. The number of aromatic amines is 1. The molecule has 2 aromatic carbocycles. The molecule has 8 heteroatoms. The van der Waals surface area contributed by atoms with Gasteiger partial charge in [0, 0.05) is 12.6 Å². The molecule has 0 aliphatic rings. The fourth-order valence-corrected chi connectivity index (χ4v) is 2.45. The molecule has 3 rings (SSSR count). The molecule has 1 heterocycles. The molecule has 1 aromatic heterocycles. The fraction of sp³-hybridized carbons (Fsp3) is 0.125. The summed E-state index contributed by atoms with van der Waals surface area (Å²) in [7, 11) is 0. The van der Waals surface area contributed by atoms with Crippen LogP contribution in [0.3, 0.4) is 0 Å². The predicted molar refractivity (Wildman–Crippen MR) is 89.3 cm³/mol. The third kappa shape index (κ3) is 3.17. The van der Waals surface area contributed by atoms with Gasteiger partial charge in [-0.05, 0) is 30.2 Å². The van der Waals surface area contributed by atoms with E-state index in [2.05, 4.69) is 15.3 Å². The van der Waals surface area contributed by atoms with Crippen molar-refractivity contribution in [2.75, 3.05) is 11.9 Å². The summed E-state index contributed by atoms with van der Waals surface area (Å²) in [5.74, 6) is 0.174. The number of benzene rings is 2. The van der Waals surface area contributed by atoms with Gasteiger partial charge < -0.3 is 15.4 Å². The molecule has 0 atom stereocenters. The normalized spacial score (nSPS) is 10.7. The molecule has 0 fully saturated rings. The number of anilines is 1. The average molecular weight is 326 g/mol. The molecule has 24 heavy (non-hydrogen) atoms. The van der Waals surface area contributed by atoms with Crippen LogP contribution in [0.15, 0.2) is 47.5 Å². The van der Waals surface area contributed by atoms with Crippen LogP contribution in [-0.4, -0.2) is 26.5 Å². The molecule has 3 aromatic rings. The maximum absolute atomic E-state index is 11.7. The molecule has 0 unspecified atom stereocenters. The van der Waals surface area contributed by atoms with Gasteiger partial charge in [0.25, 0.3) is 11.2 Å². The second-order valence-electron chi connectivity index (χ2n) is 5.22. The van der Waals surface area contributed by atoms with Gasteiger partial charge in [-0.1, -0.05) is 12.1 Å². The molecule has 0 aliphatic carbocycles. The highest BCUT2D eigenvalue weighted by molar-refractivity contribution is 5.86. The van der Waals surface area contributed by atoms with Gasteiger partial charge in [-0.15, -0.1) is 0 Å². The van der Waals surface area contributed by atoms with Crippen LogP contribution < -0.4 is 10.9 Å². The zero-order valence-corrected chi connectivity index (χ0v) is 12.5. The lowest BCUT2D eigenvalue weighted by Crippen LogP contribution is -2.10. The highest BCUT2D eigenvalue weighted by atomic mass is 16.6. The molecule has 3 N–H and O–H groups in total. The zero-order valence-electron chi connectivity index (χ0n) is 12.5. The second-order valence-corrected chi connectivity index (χ2v) is 5.22. The average Bonchev–Trinajstić information content (AvgIpc) is 2.54. The van der Waals surface area contributed by atoms with Crippen LogP contribution in [0.4, 0.5) is 11.4 Å². The Hall–Kier alpha value is -3.42. The number of nitrogens with one attached hydrogen (secondary N) is 2. The number of nitro benzene ring substituents is 1. The van der Waals surface area contributed by atoms with E-state index in [0.717, 1.165) is 5.56 Å². The lowest BCUT2D eigenvalue weighted by molar-refractivity contribution is -0.383. The van der Waals surface area contributed by atoms with E-state index in [4.69, 9.17) is 0 Å². The summed E-state index contributed by atoms with van der Waals surface area (Å²) in [5, 5.41) is 23.9. The molecule has 0 saturated carbocycles. The summed E-state index contributed by atoms with van der Waals surface area (Å²) in [4.78, 5) is 28.9. The summed E-state index contributed by atoms with van der Waals surface area (Å²) >= 11 is 0. The second kappa shape index (κ2) is 6.37. The Bertz CT molecular complexity index is 968.